The van der Waals surface area contributed by atoms with E-state index in [2.05, 4.69) is 51.5 Å². The number of nitrogens with one attached hydrogen (secondary N) is 1. The first-order valence-electron chi connectivity index (χ1n) is 6.79. The molecule has 0 spiro atoms. The van der Waals surface area contributed by atoms with Gasteiger partial charge < -0.3 is 5.32 Å². The van der Waals surface area contributed by atoms with Gasteiger partial charge in [0.1, 0.15) is 0 Å². The highest BCUT2D eigenvalue weighted by Crippen LogP contribution is 2.19. The van der Waals surface area contributed by atoms with E-state index in [4.69, 9.17) is 5.10 Å². The van der Waals surface area contributed by atoms with E-state index in [0.717, 1.165) is 19.4 Å². The first-order chi connectivity index (χ1) is 8.01. The van der Waals surface area contributed by atoms with Gasteiger partial charge in [-0.05, 0) is 32.3 Å². The van der Waals surface area contributed by atoms with Crippen LogP contribution >= 0.6 is 0 Å². The second kappa shape index (κ2) is 6.20. The van der Waals surface area contributed by atoms with Crippen molar-refractivity contribution >= 4 is 0 Å². The van der Waals surface area contributed by atoms with Gasteiger partial charge >= 0.3 is 0 Å². The molecular formula is C14H27N3. The van der Waals surface area contributed by atoms with Crippen molar-refractivity contribution in [2.24, 2.45) is 0 Å². The van der Waals surface area contributed by atoms with Crippen LogP contribution in [0.3, 0.4) is 0 Å². The molecule has 1 aromatic rings. The fraction of sp³-hybridized carbons (Fsp3) is 0.786. The number of aryl methyl sites for hydroxylation is 1. The van der Waals surface area contributed by atoms with Crippen LogP contribution in [-0.4, -0.2) is 22.4 Å². The number of hydrogen-bond acceptors (Lipinski definition) is 2. The molecule has 0 aromatic carbocycles. The molecule has 98 valence electrons. The van der Waals surface area contributed by atoms with Crippen molar-refractivity contribution in [3.8, 4) is 0 Å². The molecule has 1 aromatic heterocycles. The summed E-state index contributed by atoms with van der Waals surface area (Å²) in [5.41, 5.74) is 3.93. The van der Waals surface area contributed by atoms with E-state index in [9.17, 15) is 0 Å². The summed E-state index contributed by atoms with van der Waals surface area (Å²) in [6.07, 6.45) is 2.19. The van der Waals surface area contributed by atoms with Gasteiger partial charge in [-0.3, -0.25) is 4.68 Å². The van der Waals surface area contributed by atoms with Gasteiger partial charge in [-0.2, -0.15) is 5.10 Å². The molecule has 1 N–H and O–H groups in total. The van der Waals surface area contributed by atoms with Gasteiger partial charge in [0, 0.05) is 18.3 Å². The maximum absolute atomic E-state index is 4.71. The third-order valence-electron chi connectivity index (χ3n) is 3.41. The van der Waals surface area contributed by atoms with E-state index >= 15 is 0 Å². The monoisotopic (exact) mass is 237 g/mol. The topological polar surface area (TPSA) is 29.9 Å². The second-order valence-electron chi connectivity index (χ2n) is 5.07. The summed E-state index contributed by atoms with van der Waals surface area (Å²) < 4.78 is 2.21. The second-order valence-corrected chi connectivity index (χ2v) is 5.07. The highest BCUT2D eigenvalue weighted by Gasteiger charge is 2.16. The summed E-state index contributed by atoms with van der Waals surface area (Å²) in [5, 5.41) is 8.21. The molecule has 1 atom stereocenters. The van der Waals surface area contributed by atoms with Crippen molar-refractivity contribution in [3.05, 3.63) is 17.0 Å². The predicted molar refractivity (Wildman–Crippen MR) is 73.5 cm³/mol. The molecule has 0 aliphatic carbocycles. The normalized spacial score (nSPS) is 13.4. The van der Waals surface area contributed by atoms with Gasteiger partial charge in [0.25, 0.3) is 0 Å². The van der Waals surface area contributed by atoms with E-state index in [1.54, 1.807) is 0 Å². The van der Waals surface area contributed by atoms with Gasteiger partial charge in [-0.15, -0.1) is 0 Å². The van der Waals surface area contributed by atoms with Gasteiger partial charge in [-0.1, -0.05) is 27.7 Å². The van der Waals surface area contributed by atoms with Crippen molar-refractivity contribution in [1.82, 2.24) is 15.1 Å². The summed E-state index contributed by atoms with van der Waals surface area (Å²) >= 11 is 0. The van der Waals surface area contributed by atoms with E-state index in [1.165, 1.54) is 17.0 Å². The van der Waals surface area contributed by atoms with Gasteiger partial charge in [0.05, 0.1) is 11.7 Å². The Hall–Kier alpha value is -0.830. The van der Waals surface area contributed by atoms with Crippen molar-refractivity contribution in [1.29, 1.82) is 0 Å². The Morgan fingerprint density at radius 3 is 2.29 bits per heavy atom. The van der Waals surface area contributed by atoms with Crippen molar-refractivity contribution < 1.29 is 0 Å². The minimum atomic E-state index is 0.469. The Kier molecular flexibility index (Phi) is 5.19. The van der Waals surface area contributed by atoms with Crippen molar-refractivity contribution in [3.63, 3.8) is 0 Å². The SMILES string of the molecule is CCc1c(C)nn(C(CC)CNC(C)C)c1C. The van der Waals surface area contributed by atoms with Gasteiger partial charge in [0.2, 0.25) is 0 Å². The van der Waals surface area contributed by atoms with E-state index < -0.39 is 0 Å². The van der Waals surface area contributed by atoms with Gasteiger partial charge in [0.15, 0.2) is 0 Å². The molecule has 17 heavy (non-hydrogen) atoms. The predicted octanol–water partition coefficient (Wildman–Crippen LogP) is 3.01. The molecule has 3 nitrogen and oxygen atoms in total. The van der Waals surface area contributed by atoms with Crippen molar-refractivity contribution in [2.45, 2.75) is 66.5 Å². The first kappa shape index (κ1) is 14.2. The third-order valence-corrected chi connectivity index (χ3v) is 3.41. The number of hydrogen-bond donors (Lipinski definition) is 1. The molecule has 1 heterocycles. The lowest BCUT2D eigenvalue weighted by Gasteiger charge is -2.20. The maximum atomic E-state index is 4.71. The fourth-order valence-corrected chi connectivity index (χ4v) is 2.34. The lowest BCUT2D eigenvalue weighted by Crippen LogP contribution is -2.31. The summed E-state index contributed by atoms with van der Waals surface area (Å²) in [7, 11) is 0. The molecule has 0 radical (unpaired) electrons. The molecule has 1 rings (SSSR count). The lowest BCUT2D eigenvalue weighted by molar-refractivity contribution is 0.389. The lowest BCUT2D eigenvalue weighted by atomic mass is 10.1. The molecule has 0 saturated carbocycles. The molecule has 0 saturated heterocycles. The largest absolute Gasteiger partial charge is 0.312 e. The summed E-state index contributed by atoms with van der Waals surface area (Å²) in [6.45, 7) is 14.1. The Labute approximate surface area is 106 Å². The Balaban J connectivity index is 2.88. The average molecular weight is 237 g/mol. The maximum Gasteiger partial charge on any atom is 0.0644 e. The van der Waals surface area contributed by atoms with Crippen LogP contribution in [0.2, 0.25) is 0 Å². The van der Waals surface area contributed by atoms with Crippen LogP contribution in [0.1, 0.15) is 57.1 Å². The minimum absolute atomic E-state index is 0.469. The smallest absolute Gasteiger partial charge is 0.0644 e. The van der Waals surface area contributed by atoms with Gasteiger partial charge in [-0.25, -0.2) is 0 Å². The summed E-state index contributed by atoms with van der Waals surface area (Å²) in [4.78, 5) is 0. The van der Waals surface area contributed by atoms with E-state index in [-0.39, 0.29) is 0 Å². The van der Waals surface area contributed by atoms with Crippen LogP contribution in [0.4, 0.5) is 0 Å². The molecule has 0 bridgehead atoms. The van der Waals surface area contributed by atoms with Crippen LogP contribution in [0.25, 0.3) is 0 Å². The van der Waals surface area contributed by atoms with Crippen molar-refractivity contribution in [2.75, 3.05) is 6.54 Å². The van der Waals surface area contributed by atoms with Crippen LogP contribution in [0.15, 0.2) is 0 Å². The quantitative estimate of drug-likeness (QED) is 0.824. The zero-order chi connectivity index (χ0) is 13.0. The average Bonchev–Trinajstić information content (AvgIpc) is 2.55. The molecule has 1 unspecified atom stereocenters. The number of aromatic nitrogens is 2. The Morgan fingerprint density at radius 1 is 1.24 bits per heavy atom. The van der Waals surface area contributed by atoms with Crippen LogP contribution < -0.4 is 5.32 Å². The van der Waals surface area contributed by atoms with Crippen LogP contribution in [0, 0.1) is 13.8 Å². The standard InChI is InChI=1S/C14H27N3/c1-7-13(9-15-10(3)4)17-12(6)14(8-2)11(5)16-17/h10,13,15H,7-9H2,1-6H3. The van der Waals surface area contributed by atoms with Crippen LogP contribution in [0.5, 0.6) is 0 Å². The van der Waals surface area contributed by atoms with E-state index in [1.807, 2.05) is 0 Å². The summed E-state index contributed by atoms with van der Waals surface area (Å²) in [5.74, 6) is 0. The zero-order valence-corrected chi connectivity index (χ0v) is 12.2. The minimum Gasteiger partial charge on any atom is -0.312 e. The Bertz CT molecular complexity index is 353. The molecular weight excluding hydrogens is 210 g/mol. The molecule has 0 amide bonds. The molecule has 0 fully saturated rings. The third kappa shape index (κ3) is 3.32. The zero-order valence-electron chi connectivity index (χ0n) is 12.2. The molecule has 0 aliphatic rings. The fourth-order valence-electron chi connectivity index (χ4n) is 2.34. The highest BCUT2D eigenvalue weighted by atomic mass is 15.3. The van der Waals surface area contributed by atoms with E-state index in [0.29, 0.717) is 12.1 Å². The van der Waals surface area contributed by atoms with Crippen LogP contribution in [-0.2, 0) is 6.42 Å². The molecule has 0 aliphatic heterocycles. The molecule has 3 heteroatoms. The first-order valence-corrected chi connectivity index (χ1v) is 6.79. The highest BCUT2D eigenvalue weighted by molar-refractivity contribution is 5.24. The number of rotatable bonds is 6. The number of nitrogens with zero attached hydrogens (tertiary/aromatic N) is 2. The summed E-state index contributed by atoms with van der Waals surface area (Å²) in [6, 6.07) is 1.00. The Morgan fingerprint density at radius 2 is 1.88 bits per heavy atom.